The quantitative estimate of drug-likeness (QED) is 0.920. The summed E-state index contributed by atoms with van der Waals surface area (Å²) >= 11 is 1.68. The van der Waals surface area contributed by atoms with Crippen molar-refractivity contribution in [3.05, 3.63) is 52.2 Å². The first-order valence-corrected chi connectivity index (χ1v) is 7.82. The molecule has 20 heavy (non-hydrogen) atoms. The number of nitrogens with one attached hydrogen (secondary N) is 1. The predicted octanol–water partition coefficient (Wildman–Crippen LogP) is 4.11. The Labute approximate surface area is 123 Å². The van der Waals surface area contributed by atoms with E-state index in [-0.39, 0.29) is 18.1 Å². The Bertz CT molecular complexity index is 609. The van der Waals surface area contributed by atoms with Crippen molar-refractivity contribution < 1.29 is 4.79 Å². The van der Waals surface area contributed by atoms with Gasteiger partial charge >= 0.3 is 0 Å². The minimum absolute atomic E-state index is 0.0626. The first-order valence-electron chi connectivity index (χ1n) is 6.94. The number of amides is 1. The minimum atomic E-state index is -0.0626. The van der Waals surface area contributed by atoms with Crippen LogP contribution in [0.5, 0.6) is 0 Å². The van der Waals surface area contributed by atoms with Gasteiger partial charge in [-0.25, -0.2) is 0 Å². The van der Waals surface area contributed by atoms with E-state index in [0.717, 1.165) is 17.7 Å². The van der Waals surface area contributed by atoms with E-state index in [1.807, 2.05) is 35.2 Å². The molecule has 1 N–H and O–H groups in total. The molecule has 3 nitrogen and oxygen atoms in total. The van der Waals surface area contributed by atoms with Gasteiger partial charge in [0, 0.05) is 16.6 Å². The number of thiophene rings is 1. The van der Waals surface area contributed by atoms with E-state index >= 15 is 0 Å². The number of anilines is 1. The molecule has 1 aliphatic heterocycles. The number of fused-ring (bicyclic) bond motifs is 1. The van der Waals surface area contributed by atoms with Crippen molar-refractivity contribution in [2.45, 2.75) is 32.5 Å². The standard InChI is InChI=1S/C16H18N2OS/c1-3-11(2)18-15(14-9-6-10-20-14)17-13-8-5-4-7-12(13)16(18)19/h4-11,15,17H,3H2,1-2H3/t11-,15-/m1/s1. The monoisotopic (exact) mass is 286 g/mol. The summed E-state index contributed by atoms with van der Waals surface area (Å²) in [5.41, 5.74) is 1.69. The maximum atomic E-state index is 12.8. The molecule has 0 radical (unpaired) electrons. The summed E-state index contributed by atoms with van der Waals surface area (Å²) in [7, 11) is 0. The second-order valence-electron chi connectivity index (χ2n) is 5.08. The number of carbonyl (C=O) groups is 1. The van der Waals surface area contributed by atoms with Crippen LogP contribution in [0.1, 0.15) is 41.7 Å². The highest BCUT2D eigenvalue weighted by Crippen LogP contribution is 2.36. The van der Waals surface area contributed by atoms with Crippen LogP contribution in [0.2, 0.25) is 0 Å². The van der Waals surface area contributed by atoms with Crippen molar-refractivity contribution >= 4 is 22.9 Å². The first-order chi connectivity index (χ1) is 9.72. The third-order valence-electron chi connectivity index (χ3n) is 3.84. The summed E-state index contributed by atoms with van der Waals surface area (Å²) in [5.74, 6) is 0.118. The van der Waals surface area contributed by atoms with Crippen LogP contribution in [0.25, 0.3) is 0 Å². The number of hydrogen-bond donors (Lipinski definition) is 1. The lowest BCUT2D eigenvalue weighted by molar-refractivity contribution is 0.0597. The Morgan fingerprint density at radius 1 is 1.30 bits per heavy atom. The zero-order chi connectivity index (χ0) is 14.1. The Morgan fingerprint density at radius 3 is 2.80 bits per heavy atom. The molecule has 2 aromatic rings. The van der Waals surface area contributed by atoms with Crippen molar-refractivity contribution in [2.24, 2.45) is 0 Å². The van der Waals surface area contributed by atoms with Crippen LogP contribution >= 0.6 is 11.3 Å². The van der Waals surface area contributed by atoms with Crippen LogP contribution in [-0.2, 0) is 0 Å². The summed E-state index contributed by atoms with van der Waals surface area (Å²) in [6, 6.07) is 12.1. The zero-order valence-electron chi connectivity index (χ0n) is 11.7. The molecule has 1 amide bonds. The number of rotatable bonds is 3. The predicted molar refractivity (Wildman–Crippen MR) is 83.0 cm³/mol. The van der Waals surface area contributed by atoms with Gasteiger partial charge in [0.25, 0.3) is 5.91 Å². The van der Waals surface area contributed by atoms with Crippen LogP contribution in [0.15, 0.2) is 41.8 Å². The molecule has 0 saturated heterocycles. The van der Waals surface area contributed by atoms with Crippen LogP contribution in [0.4, 0.5) is 5.69 Å². The Balaban J connectivity index is 2.07. The largest absolute Gasteiger partial charge is 0.360 e. The summed E-state index contributed by atoms with van der Waals surface area (Å²) in [6.07, 6.45) is 0.879. The molecule has 1 aliphatic rings. The van der Waals surface area contributed by atoms with Gasteiger partial charge < -0.3 is 10.2 Å². The Kier molecular flexibility index (Phi) is 3.49. The van der Waals surface area contributed by atoms with Gasteiger partial charge in [0.1, 0.15) is 6.17 Å². The van der Waals surface area contributed by atoms with Gasteiger partial charge in [-0.1, -0.05) is 25.1 Å². The lowest BCUT2D eigenvalue weighted by atomic mass is 10.0. The normalized spacial score (nSPS) is 19.4. The molecule has 2 heterocycles. The molecule has 104 valence electrons. The van der Waals surface area contributed by atoms with E-state index in [2.05, 4.69) is 30.6 Å². The van der Waals surface area contributed by atoms with Crippen molar-refractivity contribution in [1.82, 2.24) is 4.90 Å². The molecule has 0 fully saturated rings. The fourth-order valence-corrected chi connectivity index (χ4v) is 3.35. The first kappa shape index (κ1) is 13.2. The van der Waals surface area contributed by atoms with Crippen LogP contribution in [0, 0.1) is 0 Å². The number of para-hydroxylation sites is 1. The van der Waals surface area contributed by atoms with E-state index in [9.17, 15) is 4.79 Å². The molecule has 2 atom stereocenters. The highest BCUT2D eigenvalue weighted by Gasteiger charge is 2.35. The summed E-state index contributed by atoms with van der Waals surface area (Å²) in [6.45, 7) is 4.22. The fraction of sp³-hybridized carbons (Fsp3) is 0.312. The van der Waals surface area contributed by atoms with Gasteiger partial charge in [-0.2, -0.15) is 0 Å². The van der Waals surface area contributed by atoms with Gasteiger partial charge in [0.2, 0.25) is 0 Å². The number of nitrogens with zero attached hydrogens (tertiary/aromatic N) is 1. The van der Waals surface area contributed by atoms with E-state index in [1.54, 1.807) is 11.3 Å². The smallest absolute Gasteiger partial charge is 0.258 e. The SMILES string of the molecule is CC[C@@H](C)N1C(=O)c2ccccc2N[C@H]1c1cccs1. The maximum absolute atomic E-state index is 12.8. The average molecular weight is 286 g/mol. The highest BCUT2D eigenvalue weighted by molar-refractivity contribution is 7.10. The van der Waals surface area contributed by atoms with E-state index in [1.165, 1.54) is 4.88 Å². The zero-order valence-corrected chi connectivity index (χ0v) is 12.5. The Hall–Kier alpha value is -1.81. The molecule has 3 rings (SSSR count). The van der Waals surface area contributed by atoms with Gasteiger partial charge in [0.05, 0.1) is 5.56 Å². The molecule has 0 saturated carbocycles. The van der Waals surface area contributed by atoms with Gasteiger partial charge in [-0.05, 0) is 36.9 Å². The van der Waals surface area contributed by atoms with E-state index in [0.29, 0.717) is 0 Å². The number of carbonyl (C=O) groups excluding carboxylic acids is 1. The van der Waals surface area contributed by atoms with Crippen LogP contribution in [0.3, 0.4) is 0 Å². The van der Waals surface area contributed by atoms with Crippen LogP contribution < -0.4 is 5.32 Å². The molecule has 0 aliphatic carbocycles. The third kappa shape index (κ3) is 2.10. The molecule has 4 heteroatoms. The highest BCUT2D eigenvalue weighted by atomic mass is 32.1. The summed E-state index contributed by atoms with van der Waals surface area (Å²) in [4.78, 5) is 16.0. The minimum Gasteiger partial charge on any atom is -0.360 e. The van der Waals surface area contributed by atoms with Crippen molar-refractivity contribution in [1.29, 1.82) is 0 Å². The molecule has 0 unspecified atom stereocenters. The lowest BCUT2D eigenvalue weighted by Gasteiger charge is -2.40. The molecular formula is C16H18N2OS. The van der Waals surface area contributed by atoms with Crippen LogP contribution in [-0.4, -0.2) is 16.8 Å². The number of benzene rings is 1. The van der Waals surface area contributed by atoms with Crippen molar-refractivity contribution in [3.63, 3.8) is 0 Å². The fourth-order valence-electron chi connectivity index (χ4n) is 2.58. The van der Waals surface area contributed by atoms with Crippen molar-refractivity contribution in [3.8, 4) is 0 Å². The van der Waals surface area contributed by atoms with Gasteiger partial charge in [0.15, 0.2) is 0 Å². The molecule has 1 aromatic carbocycles. The van der Waals surface area contributed by atoms with E-state index < -0.39 is 0 Å². The van der Waals surface area contributed by atoms with Gasteiger partial charge in [-0.15, -0.1) is 11.3 Å². The van der Waals surface area contributed by atoms with E-state index in [4.69, 9.17) is 0 Å². The molecule has 0 spiro atoms. The summed E-state index contributed by atoms with van der Waals surface area (Å²) < 4.78 is 0. The molecular weight excluding hydrogens is 268 g/mol. The lowest BCUT2D eigenvalue weighted by Crippen LogP contribution is -2.47. The average Bonchev–Trinajstić information content (AvgIpc) is 3.00. The second-order valence-corrected chi connectivity index (χ2v) is 6.06. The second kappa shape index (κ2) is 5.29. The molecule has 1 aromatic heterocycles. The maximum Gasteiger partial charge on any atom is 0.258 e. The topological polar surface area (TPSA) is 32.3 Å². The van der Waals surface area contributed by atoms with Gasteiger partial charge in [-0.3, -0.25) is 4.79 Å². The third-order valence-corrected chi connectivity index (χ3v) is 4.77. The summed E-state index contributed by atoms with van der Waals surface area (Å²) in [5, 5.41) is 5.56. The van der Waals surface area contributed by atoms with Crippen molar-refractivity contribution in [2.75, 3.05) is 5.32 Å². The Morgan fingerprint density at radius 2 is 2.10 bits per heavy atom. The molecule has 0 bridgehead atoms. The number of hydrogen-bond acceptors (Lipinski definition) is 3.